The van der Waals surface area contributed by atoms with E-state index in [-0.39, 0.29) is 17.4 Å². The zero-order chi connectivity index (χ0) is 27.7. The zero-order valence-corrected chi connectivity index (χ0v) is 22.5. The van der Waals surface area contributed by atoms with Crippen LogP contribution in [-0.2, 0) is 4.79 Å². The topological polar surface area (TPSA) is 114 Å². The first-order valence-electron chi connectivity index (χ1n) is 13.3. The SMILES string of the molecule is COc1cnc(C(=O)c2ccccc2N2CCC3(CC2)CCN(c2ccc(-c4cn[nH]c4)c(OC)c2)C3=O)cn1. The van der Waals surface area contributed by atoms with Crippen LogP contribution in [-0.4, -0.2) is 65.7 Å². The smallest absolute Gasteiger partial charge is 0.233 e. The van der Waals surface area contributed by atoms with Crippen molar-refractivity contribution in [2.45, 2.75) is 19.3 Å². The molecule has 2 aliphatic rings. The molecule has 1 amide bonds. The third-order valence-electron chi connectivity index (χ3n) is 8.10. The first kappa shape index (κ1) is 25.5. The summed E-state index contributed by atoms with van der Waals surface area (Å²) in [5.74, 6) is 1.02. The van der Waals surface area contributed by atoms with Crippen LogP contribution in [0.5, 0.6) is 11.6 Å². The number of amides is 1. The predicted octanol–water partition coefficient (Wildman–Crippen LogP) is 4.14. The summed E-state index contributed by atoms with van der Waals surface area (Å²) in [6.45, 7) is 2.03. The van der Waals surface area contributed by atoms with Crippen molar-refractivity contribution >= 4 is 23.1 Å². The lowest BCUT2D eigenvalue weighted by molar-refractivity contribution is -0.126. The second kappa shape index (κ2) is 10.4. The molecule has 0 saturated carbocycles. The van der Waals surface area contributed by atoms with Crippen molar-refractivity contribution in [3.05, 3.63) is 78.5 Å². The fourth-order valence-corrected chi connectivity index (χ4v) is 5.81. The molecule has 1 spiro atoms. The molecule has 2 aromatic carbocycles. The van der Waals surface area contributed by atoms with Gasteiger partial charge in [-0.1, -0.05) is 12.1 Å². The lowest BCUT2D eigenvalue weighted by Gasteiger charge is -2.39. The van der Waals surface area contributed by atoms with Gasteiger partial charge in [-0.25, -0.2) is 9.97 Å². The molecule has 0 atom stereocenters. The molecule has 0 bridgehead atoms. The van der Waals surface area contributed by atoms with E-state index in [4.69, 9.17) is 9.47 Å². The lowest BCUT2D eigenvalue weighted by Crippen LogP contribution is -2.45. The first-order valence-corrected chi connectivity index (χ1v) is 13.3. The molecule has 0 aliphatic carbocycles. The quantitative estimate of drug-likeness (QED) is 0.350. The largest absolute Gasteiger partial charge is 0.496 e. The van der Waals surface area contributed by atoms with E-state index in [1.807, 2.05) is 53.6 Å². The van der Waals surface area contributed by atoms with Gasteiger partial charge in [-0.2, -0.15) is 5.10 Å². The van der Waals surface area contributed by atoms with Crippen LogP contribution in [0.2, 0.25) is 0 Å². The number of aromatic nitrogens is 4. The van der Waals surface area contributed by atoms with Crippen molar-refractivity contribution < 1.29 is 19.1 Å². The van der Waals surface area contributed by atoms with Gasteiger partial charge >= 0.3 is 0 Å². The Morgan fingerprint density at radius 1 is 0.950 bits per heavy atom. The second-order valence-electron chi connectivity index (χ2n) is 10.1. The average Bonchev–Trinajstić information content (AvgIpc) is 3.66. The summed E-state index contributed by atoms with van der Waals surface area (Å²) in [6, 6.07) is 13.4. The summed E-state index contributed by atoms with van der Waals surface area (Å²) >= 11 is 0. The molecule has 2 fully saturated rings. The Kier molecular flexibility index (Phi) is 6.67. The number of H-pyrrole nitrogens is 1. The predicted molar refractivity (Wildman–Crippen MR) is 150 cm³/mol. The van der Waals surface area contributed by atoms with Crippen molar-refractivity contribution in [3.63, 3.8) is 0 Å². The van der Waals surface area contributed by atoms with Crippen LogP contribution in [0.1, 0.15) is 35.3 Å². The van der Waals surface area contributed by atoms with Crippen molar-refractivity contribution in [2.24, 2.45) is 5.41 Å². The number of rotatable bonds is 7. The molecular weight excluding hydrogens is 508 g/mol. The van der Waals surface area contributed by atoms with Gasteiger partial charge in [0.25, 0.3) is 0 Å². The molecule has 1 N–H and O–H groups in total. The van der Waals surface area contributed by atoms with E-state index in [0.29, 0.717) is 36.8 Å². The van der Waals surface area contributed by atoms with Gasteiger partial charge < -0.3 is 19.3 Å². The van der Waals surface area contributed by atoms with Crippen LogP contribution in [0.4, 0.5) is 11.4 Å². The van der Waals surface area contributed by atoms with Crippen LogP contribution in [0, 0.1) is 5.41 Å². The van der Waals surface area contributed by atoms with Gasteiger partial charge in [0, 0.05) is 60.0 Å². The molecule has 0 radical (unpaired) electrons. The van der Waals surface area contributed by atoms with E-state index >= 15 is 0 Å². The number of methoxy groups -OCH3 is 2. The number of hydrogen-bond acceptors (Lipinski definition) is 8. The van der Waals surface area contributed by atoms with Gasteiger partial charge in [-0.3, -0.25) is 14.7 Å². The molecule has 4 aromatic rings. The lowest BCUT2D eigenvalue weighted by atomic mass is 9.77. The highest BCUT2D eigenvalue weighted by molar-refractivity contribution is 6.11. The second-order valence-corrected chi connectivity index (χ2v) is 10.1. The van der Waals surface area contributed by atoms with Crippen LogP contribution in [0.3, 0.4) is 0 Å². The zero-order valence-electron chi connectivity index (χ0n) is 22.5. The number of piperidine rings is 1. The van der Waals surface area contributed by atoms with Crippen molar-refractivity contribution in [1.82, 2.24) is 20.2 Å². The number of anilines is 2. The van der Waals surface area contributed by atoms with Crippen molar-refractivity contribution in [1.29, 1.82) is 0 Å². The molecule has 4 heterocycles. The van der Waals surface area contributed by atoms with Crippen LogP contribution >= 0.6 is 0 Å². The molecule has 6 rings (SSSR count). The van der Waals surface area contributed by atoms with E-state index in [2.05, 4.69) is 25.1 Å². The Morgan fingerprint density at radius 2 is 1.75 bits per heavy atom. The molecule has 10 heteroatoms. The fourth-order valence-electron chi connectivity index (χ4n) is 5.81. The van der Waals surface area contributed by atoms with E-state index in [1.54, 1.807) is 13.3 Å². The summed E-state index contributed by atoms with van der Waals surface area (Å²) < 4.78 is 10.7. The van der Waals surface area contributed by atoms with Gasteiger partial charge in [0.1, 0.15) is 11.4 Å². The number of carbonyl (C=O) groups is 2. The van der Waals surface area contributed by atoms with Gasteiger partial charge in [-0.15, -0.1) is 0 Å². The van der Waals surface area contributed by atoms with E-state index < -0.39 is 5.41 Å². The summed E-state index contributed by atoms with van der Waals surface area (Å²) in [6.07, 6.45) is 8.68. The Morgan fingerprint density at radius 3 is 2.45 bits per heavy atom. The van der Waals surface area contributed by atoms with Crippen molar-refractivity contribution in [3.8, 4) is 22.8 Å². The number of hydrogen-bond donors (Lipinski definition) is 1. The maximum atomic E-state index is 13.8. The van der Waals surface area contributed by atoms with Gasteiger partial charge in [-0.05, 0) is 43.5 Å². The number of carbonyl (C=O) groups excluding carboxylic acids is 2. The third-order valence-corrected chi connectivity index (χ3v) is 8.10. The number of para-hydroxylation sites is 1. The Labute approximate surface area is 232 Å². The highest BCUT2D eigenvalue weighted by Crippen LogP contribution is 2.45. The van der Waals surface area contributed by atoms with E-state index in [9.17, 15) is 9.59 Å². The average molecular weight is 539 g/mol. The van der Waals surface area contributed by atoms with Crippen LogP contribution in [0.25, 0.3) is 11.1 Å². The number of nitrogens with zero attached hydrogens (tertiary/aromatic N) is 5. The highest BCUT2D eigenvalue weighted by atomic mass is 16.5. The number of ether oxygens (including phenoxy) is 2. The maximum Gasteiger partial charge on any atom is 0.233 e. The van der Waals surface area contributed by atoms with Gasteiger partial charge in [0.15, 0.2) is 0 Å². The monoisotopic (exact) mass is 538 g/mol. The normalized spacial score (nSPS) is 16.4. The van der Waals surface area contributed by atoms with Crippen molar-refractivity contribution in [2.75, 3.05) is 43.7 Å². The van der Waals surface area contributed by atoms with E-state index in [0.717, 1.165) is 41.8 Å². The third kappa shape index (κ3) is 4.45. The summed E-state index contributed by atoms with van der Waals surface area (Å²) in [4.78, 5) is 39.6. The Hall–Kier alpha value is -4.73. The minimum atomic E-state index is -0.409. The molecular formula is C30H30N6O4. The number of benzene rings is 2. The standard InChI is InChI=1S/C30H30N6O4/c1-39-26-15-21(7-8-22(26)20-16-33-34-17-20)36-14-11-30(29(36)38)9-12-35(13-10-30)25-6-4-3-5-23(25)28(37)24-18-32-27(40-2)19-31-24/h3-8,15-19H,9-14H2,1-2H3,(H,33,34). The highest BCUT2D eigenvalue weighted by Gasteiger charge is 2.48. The first-order chi connectivity index (χ1) is 19.5. The molecule has 2 saturated heterocycles. The number of aromatic amines is 1. The van der Waals surface area contributed by atoms with Crippen LogP contribution in [0.15, 0.2) is 67.3 Å². The summed E-state index contributed by atoms with van der Waals surface area (Å²) in [5, 5.41) is 6.86. The molecule has 0 unspecified atom stereocenters. The molecule has 204 valence electrons. The Bertz CT molecular complexity index is 1530. The molecule has 10 nitrogen and oxygen atoms in total. The molecule has 40 heavy (non-hydrogen) atoms. The van der Waals surface area contributed by atoms with Crippen LogP contribution < -0.4 is 19.3 Å². The minimum absolute atomic E-state index is 0.156. The fraction of sp³-hybridized carbons (Fsp3) is 0.300. The minimum Gasteiger partial charge on any atom is -0.496 e. The maximum absolute atomic E-state index is 13.8. The van der Waals surface area contributed by atoms with E-state index in [1.165, 1.54) is 19.5 Å². The number of ketones is 1. The molecule has 2 aromatic heterocycles. The van der Waals surface area contributed by atoms with Gasteiger partial charge in [0.2, 0.25) is 17.6 Å². The Balaban J connectivity index is 1.18. The summed E-state index contributed by atoms with van der Waals surface area (Å²) in [5.41, 5.74) is 3.96. The summed E-state index contributed by atoms with van der Waals surface area (Å²) in [7, 11) is 3.14. The molecule has 2 aliphatic heterocycles. The van der Waals surface area contributed by atoms with Gasteiger partial charge in [0.05, 0.1) is 38.2 Å². The number of nitrogens with one attached hydrogen (secondary N) is 1.